The zero-order valence-corrected chi connectivity index (χ0v) is 23.5. The fourth-order valence-corrected chi connectivity index (χ4v) is 5.75. The van der Waals surface area contributed by atoms with Crippen LogP contribution in [0.5, 0.6) is 23.0 Å². The smallest absolute Gasteiger partial charge is 0.194 e. The Morgan fingerprint density at radius 2 is 1.83 bits per heavy atom. The number of hydrogen-bond donors (Lipinski definition) is 3. The van der Waals surface area contributed by atoms with E-state index in [0.717, 1.165) is 17.1 Å². The number of carbonyl (C=O) groups excluding carboxylic acids is 3. The molecule has 0 bridgehead atoms. The maximum atomic E-state index is 14.0. The van der Waals surface area contributed by atoms with Crippen molar-refractivity contribution >= 4 is 17.3 Å². The van der Waals surface area contributed by atoms with Gasteiger partial charge >= 0.3 is 0 Å². The number of para-hydroxylation sites is 1. The molecule has 3 aromatic rings. The number of rotatable bonds is 8. The number of ether oxygens (including phenoxy) is 2. The summed E-state index contributed by atoms with van der Waals surface area (Å²) in [4.78, 5) is 39.6. The molecule has 2 heterocycles. The predicted octanol–water partition coefficient (Wildman–Crippen LogP) is 4.98. The van der Waals surface area contributed by atoms with E-state index in [1.807, 2.05) is 36.4 Å². The molecule has 2 aromatic carbocycles. The van der Waals surface area contributed by atoms with E-state index in [-0.39, 0.29) is 45.4 Å². The monoisotopic (exact) mass is 557 g/mol. The van der Waals surface area contributed by atoms with Gasteiger partial charge in [0.15, 0.2) is 17.3 Å². The molecule has 9 nitrogen and oxygen atoms in total. The van der Waals surface area contributed by atoms with Crippen LogP contribution in [-0.4, -0.2) is 41.2 Å². The Kier molecular flexibility index (Phi) is 6.98. The summed E-state index contributed by atoms with van der Waals surface area (Å²) in [6.07, 6.45) is 3.38. The predicted molar refractivity (Wildman–Crippen MR) is 149 cm³/mol. The van der Waals surface area contributed by atoms with Crippen LogP contribution in [-0.2, 0) is 15.0 Å². The van der Waals surface area contributed by atoms with E-state index >= 15 is 0 Å². The number of phenols is 2. The molecule has 2 aliphatic rings. The molecule has 212 valence electrons. The standard InChI is InChI=1S/C32H31NO8/c1-16-28(36)26(18(3)34)30-27(29(16)37)32(4)24(41-30)15-21(35)25(31(32)38)17(2)33-13-12-20(23-11-8-14-40-23)19-9-6-7-10-22(19)39-5/h6-11,14-15,20,33,36-37H,12-13H2,1-5H3/b25-17+/t20?,32-/m1/s1. The van der Waals surface area contributed by atoms with E-state index in [1.54, 1.807) is 27.2 Å². The van der Waals surface area contributed by atoms with Crippen molar-refractivity contribution in [2.75, 3.05) is 13.7 Å². The number of furan rings is 1. The number of aromatic hydroxyl groups is 2. The number of ketones is 3. The highest BCUT2D eigenvalue weighted by molar-refractivity contribution is 6.31. The van der Waals surface area contributed by atoms with Crippen molar-refractivity contribution in [1.29, 1.82) is 0 Å². The first-order valence-electron chi connectivity index (χ1n) is 13.2. The van der Waals surface area contributed by atoms with Gasteiger partial charge in [-0.1, -0.05) is 18.2 Å². The van der Waals surface area contributed by atoms with Gasteiger partial charge in [0, 0.05) is 35.4 Å². The van der Waals surface area contributed by atoms with E-state index in [9.17, 15) is 24.6 Å². The highest BCUT2D eigenvalue weighted by Gasteiger charge is 2.56. The van der Waals surface area contributed by atoms with Crippen LogP contribution in [0, 0.1) is 6.92 Å². The largest absolute Gasteiger partial charge is 0.507 e. The SMILES string of the molecule is COc1ccccc1C(CCN/C(C)=C1\C(=O)C=C2Oc3c(C(C)=O)c(O)c(C)c(O)c3[C@]2(C)C1=O)c1ccco1. The number of phenolic OH excluding ortho intramolecular Hbond substituents is 2. The maximum Gasteiger partial charge on any atom is 0.194 e. The molecule has 3 N–H and O–H groups in total. The average molecular weight is 558 g/mol. The molecule has 5 rings (SSSR count). The number of Topliss-reactive ketones (excluding diaryl/α,β-unsaturated/α-hetero) is 2. The van der Waals surface area contributed by atoms with Crippen molar-refractivity contribution in [3.63, 3.8) is 0 Å². The van der Waals surface area contributed by atoms with Crippen molar-refractivity contribution in [2.24, 2.45) is 0 Å². The third kappa shape index (κ3) is 4.28. The van der Waals surface area contributed by atoms with Crippen molar-refractivity contribution in [3.05, 3.63) is 93.8 Å². The Labute approximate surface area is 237 Å². The fraction of sp³-hybridized carbons (Fsp3) is 0.281. The second-order valence-electron chi connectivity index (χ2n) is 10.4. The molecule has 0 saturated carbocycles. The molecule has 0 radical (unpaired) electrons. The lowest BCUT2D eigenvalue weighted by Crippen LogP contribution is -2.41. The van der Waals surface area contributed by atoms with Crippen LogP contribution in [0.1, 0.15) is 65.9 Å². The maximum absolute atomic E-state index is 14.0. The summed E-state index contributed by atoms with van der Waals surface area (Å²) in [6, 6.07) is 11.4. The van der Waals surface area contributed by atoms with E-state index in [0.29, 0.717) is 18.7 Å². The molecular formula is C32H31NO8. The van der Waals surface area contributed by atoms with Gasteiger partial charge in [-0.05, 0) is 52.3 Å². The van der Waals surface area contributed by atoms with Crippen LogP contribution in [0.15, 0.2) is 70.2 Å². The Bertz CT molecular complexity index is 1650. The van der Waals surface area contributed by atoms with Gasteiger partial charge in [0.2, 0.25) is 0 Å². The van der Waals surface area contributed by atoms with Gasteiger partial charge < -0.3 is 29.4 Å². The first kappa shape index (κ1) is 27.8. The molecule has 1 aliphatic carbocycles. The number of allylic oxidation sites excluding steroid dienone is 4. The van der Waals surface area contributed by atoms with E-state index in [4.69, 9.17) is 13.9 Å². The van der Waals surface area contributed by atoms with Crippen LogP contribution >= 0.6 is 0 Å². The van der Waals surface area contributed by atoms with Crippen LogP contribution in [0.4, 0.5) is 0 Å². The van der Waals surface area contributed by atoms with Crippen molar-refractivity contribution in [1.82, 2.24) is 5.32 Å². The molecular weight excluding hydrogens is 526 g/mol. The summed E-state index contributed by atoms with van der Waals surface area (Å²) in [5, 5.41) is 24.8. The third-order valence-corrected chi connectivity index (χ3v) is 7.98. The lowest BCUT2D eigenvalue weighted by molar-refractivity contribution is -0.123. The molecule has 0 saturated heterocycles. The zero-order valence-electron chi connectivity index (χ0n) is 23.5. The summed E-state index contributed by atoms with van der Waals surface area (Å²) >= 11 is 0. The minimum atomic E-state index is -1.57. The Balaban J connectivity index is 1.48. The van der Waals surface area contributed by atoms with E-state index < -0.39 is 28.5 Å². The topological polar surface area (TPSA) is 135 Å². The highest BCUT2D eigenvalue weighted by Crippen LogP contribution is 2.57. The minimum Gasteiger partial charge on any atom is -0.507 e. The quantitative estimate of drug-likeness (QED) is 0.199. The molecule has 1 aliphatic heterocycles. The van der Waals surface area contributed by atoms with Gasteiger partial charge in [-0.25, -0.2) is 0 Å². The first-order chi connectivity index (χ1) is 19.5. The van der Waals surface area contributed by atoms with E-state index in [2.05, 4.69) is 5.32 Å². The number of fused-ring (bicyclic) bond motifs is 3. The van der Waals surface area contributed by atoms with Crippen LogP contribution < -0.4 is 14.8 Å². The normalized spacial score (nSPS) is 19.6. The Hall–Kier alpha value is -4.79. The second kappa shape index (κ2) is 10.3. The van der Waals surface area contributed by atoms with Gasteiger partial charge in [-0.3, -0.25) is 14.4 Å². The fourth-order valence-electron chi connectivity index (χ4n) is 5.75. The van der Waals surface area contributed by atoms with Gasteiger partial charge in [0.1, 0.15) is 45.5 Å². The summed E-state index contributed by atoms with van der Waals surface area (Å²) in [7, 11) is 1.61. The molecule has 0 amide bonds. The van der Waals surface area contributed by atoms with Gasteiger partial charge in [0.25, 0.3) is 0 Å². The molecule has 0 spiro atoms. The summed E-state index contributed by atoms with van der Waals surface area (Å²) < 4.78 is 17.1. The molecule has 0 fully saturated rings. The first-order valence-corrected chi connectivity index (χ1v) is 13.2. The van der Waals surface area contributed by atoms with Gasteiger partial charge in [0.05, 0.1) is 24.5 Å². The Morgan fingerprint density at radius 1 is 1.10 bits per heavy atom. The van der Waals surface area contributed by atoms with Gasteiger partial charge in [-0.15, -0.1) is 0 Å². The van der Waals surface area contributed by atoms with Gasteiger partial charge in [-0.2, -0.15) is 0 Å². The van der Waals surface area contributed by atoms with E-state index in [1.165, 1.54) is 19.9 Å². The molecule has 1 aromatic heterocycles. The average Bonchev–Trinajstić information content (AvgIpc) is 3.57. The molecule has 41 heavy (non-hydrogen) atoms. The summed E-state index contributed by atoms with van der Waals surface area (Å²) in [6.45, 7) is 6.29. The number of methoxy groups -OCH3 is 1. The summed E-state index contributed by atoms with van der Waals surface area (Å²) in [5.41, 5.74) is -0.377. The van der Waals surface area contributed by atoms with Crippen molar-refractivity contribution in [2.45, 2.75) is 45.4 Å². The molecule has 1 unspecified atom stereocenters. The van der Waals surface area contributed by atoms with Crippen molar-refractivity contribution < 1.29 is 38.5 Å². The number of nitrogens with one attached hydrogen (secondary N) is 1. The van der Waals surface area contributed by atoms with Crippen molar-refractivity contribution in [3.8, 4) is 23.0 Å². The van der Waals surface area contributed by atoms with Crippen LogP contribution in [0.25, 0.3) is 0 Å². The number of carbonyl (C=O) groups is 3. The third-order valence-electron chi connectivity index (χ3n) is 7.98. The molecule has 2 atom stereocenters. The minimum absolute atomic E-state index is 0.00379. The highest BCUT2D eigenvalue weighted by atomic mass is 16.5. The molecule has 9 heteroatoms. The lowest BCUT2D eigenvalue weighted by atomic mass is 9.70. The number of hydrogen-bond acceptors (Lipinski definition) is 9. The zero-order chi connectivity index (χ0) is 29.6. The van der Waals surface area contributed by atoms with Crippen LogP contribution in [0.3, 0.4) is 0 Å². The summed E-state index contributed by atoms with van der Waals surface area (Å²) in [5.74, 6) is -1.22. The second-order valence-corrected chi connectivity index (χ2v) is 10.4. The lowest BCUT2D eigenvalue weighted by Gasteiger charge is -2.29. The number of benzene rings is 2. The Morgan fingerprint density at radius 3 is 2.49 bits per heavy atom. The van der Waals surface area contributed by atoms with Crippen LogP contribution in [0.2, 0.25) is 0 Å².